The van der Waals surface area contributed by atoms with Gasteiger partial charge in [0.15, 0.2) is 0 Å². The maximum Gasteiger partial charge on any atom is 0.0379 e. The molecule has 162 valence electrons. The van der Waals surface area contributed by atoms with Gasteiger partial charge in [0.1, 0.15) is 0 Å². The van der Waals surface area contributed by atoms with E-state index in [-0.39, 0.29) is 5.41 Å². The molecule has 0 aliphatic heterocycles. The molecule has 0 heterocycles. The molecule has 1 rings (SSSR count). The fraction of sp³-hybridized carbons (Fsp3) is 0.769. The molecule has 0 aromatic heterocycles. The van der Waals surface area contributed by atoms with Crippen LogP contribution in [0.15, 0.2) is 12.1 Å². The van der Waals surface area contributed by atoms with Crippen molar-refractivity contribution in [3.8, 4) is 0 Å². The van der Waals surface area contributed by atoms with E-state index in [2.05, 4.69) is 60.6 Å². The van der Waals surface area contributed by atoms with E-state index in [9.17, 15) is 0 Å². The zero-order valence-electron chi connectivity index (χ0n) is 19.9. The number of nitrogens with two attached hydrogens (primary N) is 2. The Hall–Kier alpha value is -1.02. The van der Waals surface area contributed by atoms with Crippen molar-refractivity contribution >= 4 is 5.69 Å². The number of hydrogen-bond donors (Lipinski definition) is 2. The van der Waals surface area contributed by atoms with E-state index in [1.807, 2.05) is 0 Å². The van der Waals surface area contributed by atoms with E-state index in [1.54, 1.807) is 0 Å². The molecule has 0 fully saturated rings. The van der Waals surface area contributed by atoms with Gasteiger partial charge in [-0.3, -0.25) is 0 Å². The molecular formula is C26H48N2. The molecule has 2 atom stereocenters. The van der Waals surface area contributed by atoms with Crippen molar-refractivity contribution in [2.45, 2.75) is 124 Å². The predicted molar refractivity (Wildman–Crippen MR) is 127 cm³/mol. The maximum absolute atomic E-state index is 6.34. The first-order chi connectivity index (χ1) is 13.1. The minimum absolute atomic E-state index is 0.256. The van der Waals surface area contributed by atoms with E-state index in [0.717, 1.165) is 5.69 Å². The smallest absolute Gasteiger partial charge is 0.0379 e. The van der Waals surface area contributed by atoms with Crippen LogP contribution in [-0.2, 0) is 5.41 Å². The number of rotatable bonds is 13. The topological polar surface area (TPSA) is 52.0 Å². The quantitative estimate of drug-likeness (QED) is 0.272. The van der Waals surface area contributed by atoms with Crippen LogP contribution >= 0.6 is 0 Å². The molecule has 0 saturated carbocycles. The summed E-state index contributed by atoms with van der Waals surface area (Å²) in [4.78, 5) is 0. The highest BCUT2D eigenvalue weighted by molar-refractivity contribution is 5.57. The largest absolute Gasteiger partial charge is 0.398 e. The number of benzene rings is 1. The summed E-state index contributed by atoms with van der Waals surface area (Å²) in [6, 6.07) is 5.10. The first-order valence-corrected chi connectivity index (χ1v) is 11.8. The molecule has 2 unspecified atom stereocenters. The van der Waals surface area contributed by atoms with E-state index < -0.39 is 0 Å². The van der Waals surface area contributed by atoms with Gasteiger partial charge in [0.05, 0.1) is 0 Å². The van der Waals surface area contributed by atoms with Gasteiger partial charge in [0.2, 0.25) is 0 Å². The Morgan fingerprint density at radius 3 is 2.04 bits per heavy atom. The van der Waals surface area contributed by atoms with Crippen LogP contribution in [0.5, 0.6) is 0 Å². The Morgan fingerprint density at radius 2 is 1.50 bits per heavy atom. The average molecular weight is 389 g/mol. The minimum atomic E-state index is 0.256. The zero-order chi connectivity index (χ0) is 21.3. The van der Waals surface area contributed by atoms with Crippen LogP contribution in [0.25, 0.3) is 0 Å². The summed E-state index contributed by atoms with van der Waals surface area (Å²) in [5.74, 6) is 1.09. The van der Waals surface area contributed by atoms with E-state index in [4.69, 9.17) is 11.5 Å². The molecular weight excluding hydrogens is 340 g/mol. The molecule has 0 aliphatic carbocycles. The van der Waals surface area contributed by atoms with Gasteiger partial charge in [-0.25, -0.2) is 0 Å². The van der Waals surface area contributed by atoms with Crippen molar-refractivity contribution in [3.05, 3.63) is 28.8 Å². The number of hydrogen-bond acceptors (Lipinski definition) is 2. The number of aryl methyl sites for hydroxylation is 1. The molecule has 0 bridgehead atoms. The lowest BCUT2D eigenvalue weighted by Gasteiger charge is -2.31. The van der Waals surface area contributed by atoms with Gasteiger partial charge in [-0.15, -0.1) is 0 Å². The summed E-state index contributed by atoms with van der Waals surface area (Å²) in [6.45, 7) is 15.9. The highest BCUT2D eigenvalue weighted by atomic mass is 14.6. The van der Waals surface area contributed by atoms with E-state index in [1.165, 1.54) is 74.5 Å². The van der Waals surface area contributed by atoms with Crippen molar-refractivity contribution < 1.29 is 0 Å². The average Bonchev–Trinajstić information content (AvgIpc) is 2.64. The summed E-state index contributed by atoms with van der Waals surface area (Å²) in [7, 11) is 0. The first kappa shape index (κ1) is 25.0. The van der Waals surface area contributed by atoms with Crippen molar-refractivity contribution in [2.75, 3.05) is 5.73 Å². The number of unbranched alkanes of at least 4 members (excludes halogenated alkanes) is 5. The molecule has 28 heavy (non-hydrogen) atoms. The van der Waals surface area contributed by atoms with Crippen LogP contribution in [0.2, 0.25) is 0 Å². The molecule has 1 aromatic carbocycles. The summed E-state index contributed by atoms with van der Waals surface area (Å²) in [5, 5.41) is 0. The Labute approximate surface area is 175 Å². The minimum Gasteiger partial charge on any atom is -0.398 e. The van der Waals surface area contributed by atoms with Crippen LogP contribution in [0, 0.1) is 12.8 Å². The van der Waals surface area contributed by atoms with Crippen LogP contribution < -0.4 is 11.5 Å². The van der Waals surface area contributed by atoms with Crippen molar-refractivity contribution in [2.24, 2.45) is 11.7 Å². The number of anilines is 1. The lowest BCUT2D eigenvalue weighted by molar-refractivity contribution is 0.391. The van der Waals surface area contributed by atoms with E-state index in [0.29, 0.717) is 17.9 Å². The summed E-state index contributed by atoms with van der Waals surface area (Å²) >= 11 is 0. The van der Waals surface area contributed by atoms with Gasteiger partial charge >= 0.3 is 0 Å². The van der Waals surface area contributed by atoms with Crippen LogP contribution in [0.1, 0.15) is 122 Å². The van der Waals surface area contributed by atoms with Gasteiger partial charge in [0.25, 0.3) is 0 Å². The first-order valence-electron chi connectivity index (χ1n) is 11.8. The van der Waals surface area contributed by atoms with Gasteiger partial charge < -0.3 is 11.5 Å². The van der Waals surface area contributed by atoms with Gasteiger partial charge in [-0.1, -0.05) is 92.2 Å². The van der Waals surface area contributed by atoms with Gasteiger partial charge in [0, 0.05) is 11.7 Å². The second-order valence-electron chi connectivity index (χ2n) is 9.93. The van der Waals surface area contributed by atoms with Crippen LogP contribution in [0.4, 0.5) is 5.69 Å². The Morgan fingerprint density at radius 1 is 0.929 bits per heavy atom. The lowest BCUT2D eigenvalue weighted by atomic mass is 9.74. The molecule has 4 N–H and O–H groups in total. The standard InChI is InChI=1S/C26H48N2/c1-8-26(7,22-17-21(6)25(28)23(18-22)19(2)3)16-14-12-10-9-11-13-15-24(27)20(4)5/h17-20,24H,8-16,27-28H2,1-7H3. The third-order valence-corrected chi connectivity index (χ3v) is 6.89. The molecule has 0 saturated heterocycles. The molecule has 0 spiro atoms. The summed E-state index contributed by atoms with van der Waals surface area (Å²) in [5.41, 5.74) is 17.7. The third-order valence-electron chi connectivity index (χ3n) is 6.89. The Bertz CT molecular complexity index is 576. The number of nitrogen functional groups attached to an aromatic ring is 1. The third kappa shape index (κ3) is 7.43. The predicted octanol–water partition coefficient (Wildman–Crippen LogP) is 7.47. The second kappa shape index (κ2) is 11.9. The Balaban J connectivity index is 2.49. The maximum atomic E-state index is 6.34. The van der Waals surface area contributed by atoms with Crippen LogP contribution in [0.3, 0.4) is 0 Å². The SMILES string of the molecule is CCC(C)(CCCCCCCCC(N)C(C)C)c1cc(C)c(N)c(C(C)C)c1. The molecule has 2 heteroatoms. The molecule has 2 nitrogen and oxygen atoms in total. The zero-order valence-corrected chi connectivity index (χ0v) is 19.9. The molecule has 0 aliphatic rings. The van der Waals surface area contributed by atoms with Crippen molar-refractivity contribution in [3.63, 3.8) is 0 Å². The molecule has 0 amide bonds. The fourth-order valence-corrected chi connectivity index (χ4v) is 4.11. The molecule has 0 radical (unpaired) electrons. The van der Waals surface area contributed by atoms with Gasteiger partial charge in [-0.05, 0) is 60.1 Å². The van der Waals surface area contributed by atoms with Gasteiger partial charge in [-0.2, -0.15) is 0 Å². The van der Waals surface area contributed by atoms with Crippen molar-refractivity contribution in [1.82, 2.24) is 0 Å². The van der Waals surface area contributed by atoms with Crippen LogP contribution in [-0.4, -0.2) is 6.04 Å². The monoisotopic (exact) mass is 388 g/mol. The summed E-state index contributed by atoms with van der Waals surface area (Å²) in [6.07, 6.45) is 11.6. The lowest BCUT2D eigenvalue weighted by Crippen LogP contribution is -2.25. The highest BCUT2D eigenvalue weighted by Gasteiger charge is 2.25. The van der Waals surface area contributed by atoms with Crippen molar-refractivity contribution in [1.29, 1.82) is 0 Å². The second-order valence-corrected chi connectivity index (χ2v) is 9.93. The fourth-order valence-electron chi connectivity index (χ4n) is 4.11. The highest BCUT2D eigenvalue weighted by Crippen LogP contribution is 2.37. The van der Waals surface area contributed by atoms with E-state index >= 15 is 0 Å². The molecule has 1 aromatic rings. The normalized spacial score (nSPS) is 15.2. The Kier molecular flexibility index (Phi) is 10.6. The summed E-state index contributed by atoms with van der Waals surface area (Å²) < 4.78 is 0.